The van der Waals surface area contributed by atoms with Crippen LogP contribution in [0.5, 0.6) is 5.75 Å². The summed E-state index contributed by atoms with van der Waals surface area (Å²) < 4.78 is 5.21. The molecule has 0 aliphatic carbocycles. The molecule has 0 aromatic heterocycles. The van der Waals surface area contributed by atoms with E-state index in [9.17, 15) is 9.90 Å². The smallest absolute Gasteiger partial charge is 0.408 e. The third kappa shape index (κ3) is 4.76. The molecule has 0 fully saturated rings. The zero-order valence-corrected chi connectivity index (χ0v) is 10.7. The second-order valence-corrected chi connectivity index (χ2v) is 5.02. The topological polar surface area (TPSA) is 58.6 Å². The molecule has 4 nitrogen and oxygen atoms in total. The summed E-state index contributed by atoms with van der Waals surface area (Å²) >= 11 is 0. The van der Waals surface area contributed by atoms with E-state index >= 15 is 0 Å². The minimum absolute atomic E-state index is 0.161. The van der Waals surface area contributed by atoms with Crippen molar-refractivity contribution in [2.24, 2.45) is 0 Å². The fraction of sp³-hybridized carbons (Fsp3) is 0.462. The summed E-state index contributed by atoms with van der Waals surface area (Å²) in [5.74, 6) is 0.161. The summed E-state index contributed by atoms with van der Waals surface area (Å²) in [7, 11) is 0. The maximum absolute atomic E-state index is 11.5. The van der Waals surface area contributed by atoms with E-state index in [0.717, 1.165) is 5.56 Å². The molecule has 1 unspecified atom stereocenters. The van der Waals surface area contributed by atoms with E-state index in [2.05, 4.69) is 5.32 Å². The molecular formula is C13H19NO3. The summed E-state index contributed by atoms with van der Waals surface area (Å²) in [6.07, 6.45) is -0.863. The Bertz CT molecular complexity index is 396. The average Bonchev–Trinajstić information content (AvgIpc) is 2.14. The van der Waals surface area contributed by atoms with E-state index in [0.29, 0.717) is 0 Å². The van der Waals surface area contributed by atoms with Crippen LogP contribution in [0.2, 0.25) is 0 Å². The lowest BCUT2D eigenvalue weighted by Crippen LogP contribution is -2.41. The first-order chi connectivity index (χ1) is 7.78. The number of benzene rings is 1. The molecule has 0 radical (unpaired) electrons. The highest BCUT2D eigenvalue weighted by Gasteiger charge is 2.17. The Balaban J connectivity index is 2.61. The van der Waals surface area contributed by atoms with Crippen LogP contribution in [0, 0.1) is 0 Å². The van der Waals surface area contributed by atoms with Crippen molar-refractivity contribution in [3.63, 3.8) is 0 Å². The second-order valence-electron chi connectivity index (χ2n) is 5.02. The lowest BCUT2D eigenvalue weighted by atomic mass is 10.1. The molecule has 4 heteroatoms. The fourth-order valence-corrected chi connectivity index (χ4v) is 1.34. The molecule has 17 heavy (non-hydrogen) atoms. The van der Waals surface area contributed by atoms with E-state index in [4.69, 9.17) is 4.74 Å². The predicted molar refractivity (Wildman–Crippen MR) is 65.9 cm³/mol. The molecule has 0 saturated carbocycles. The molecule has 1 aromatic rings. The van der Waals surface area contributed by atoms with Crippen molar-refractivity contribution in [3.8, 4) is 5.75 Å². The molecule has 1 atom stereocenters. The molecule has 1 aromatic carbocycles. The zero-order valence-electron chi connectivity index (χ0n) is 10.7. The van der Waals surface area contributed by atoms with Gasteiger partial charge in [0, 0.05) is 5.54 Å². The van der Waals surface area contributed by atoms with Gasteiger partial charge in [0.15, 0.2) is 0 Å². The summed E-state index contributed by atoms with van der Waals surface area (Å²) in [6.45, 7) is 7.41. The summed E-state index contributed by atoms with van der Waals surface area (Å²) in [6, 6.07) is 6.67. The fourth-order valence-electron chi connectivity index (χ4n) is 1.34. The highest BCUT2D eigenvalue weighted by molar-refractivity contribution is 5.68. The van der Waals surface area contributed by atoms with E-state index in [-0.39, 0.29) is 11.3 Å². The molecule has 2 N–H and O–H groups in total. The molecule has 1 rings (SSSR count). The summed E-state index contributed by atoms with van der Waals surface area (Å²) in [5.41, 5.74) is 0.435. The number of aromatic hydroxyl groups is 1. The van der Waals surface area contributed by atoms with Gasteiger partial charge >= 0.3 is 6.09 Å². The number of phenols is 1. The van der Waals surface area contributed by atoms with Crippen LogP contribution in [0.3, 0.4) is 0 Å². The Labute approximate surface area is 102 Å². The first-order valence-corrected chi connectivity index (χ1v) is 5.55. The quantitative estimate of drug-likeness (QED) is 0.831. The van der Waals surface area contributed by atoms with Crippen LogP contribution >= 0.6 is 0 Å². The number of alkyl carbamates (subject to hydrolysis) is 1. The van der Waals surface area contributed by atoms with Gasteiger partial charge in [0.05, 0.1) is 0 Å². The van der Waals surface area contributed by atoms with Crippen molar-refractivity contribution in [1.82, 2.24) is 5.32 Å². The van der Waals surface area contributed by atoms with Crippen molar-refractivity contribution >= 4 is 6.09 Å². The van der Waals surface area contributed by atoms with Gasteiger partial charge in [-0.05, 0) is 45.4 Å². The van der Waals surface area contributed by atoms with Gasteiger partial charge in [0.1, 0.15) is 11.9 Å². The predicted octanol–water partition coefficient (Wildman–Crippen LogP) is 2.98. The van der Waals surface area contributed by atoms with Crippen molar-refractivity contribution < 1.29 is 14.6 Å². The number of amides is 1. The molecule has 0 spiro atoms. The summed E-state index contributed by atoms with van der Waals surface area (Å²) in [5, 5.41) is 12.0. The lowest BCUT2D eigenvalue weighted by Gasteiger charge is -2.22. The van der Waals surface area contributed by atoms with Crippen LogP contribution in [0.4, 0.5) is 4.79 Å². The number of hydrogen-bond donors (Lipinski definition) is 2. The van der Waals surface area contributed by atoms with Gasteiger partial charge in [-0.2, -0.15) is 0 Å². The Morgan fingerprint density at radius 2 is 2.06 bits per heavy atom. The number of hydrogen-bond acceptors (Lipinski definition) is 3. The third-order valence-electron chi connectivity index (χ3n) is 2.10. The first-order valence-electron chi connectivity index (χ1n) is 5.55. The third-order valence-corrected chi connectivity index (χ3v) is 2.10. The highest BCUT2D eigenvalue weighted by atomic mass is 16.6. The van der Waals surface area contributed by atoms with Crippen molar-refractivity contribution in [2.45, 2.75) is 39.3 Å². The van der Waals surface area contributed by atoms with Crippen LogP contribution in [0.25, 0.3) is 0 Å². The first kappa shape index (κ1) is 13.4. The van der Waals surface area contributed by atoms with Crippen LogP contribution in [-0.4, -0.2) is 16.7 Å². The molecule has 1 amide bonds. The van der Waals surface area contributed by atoms with E-state index in [1.165, 1.54) is 0 Å². The van der Waals surface area contributed by atoms with Gasteiger partial charge in [-0.1, -0.05) is 12.1 Å². The van der Waals surface area contributed by atoms with Gasteiger partial charge in [-0.15, -0.1) is 0 Å². The van der Waals surface area contributed by atoms with Gasteiger partial charge in [0.2, 0.25) is 0 Å². The minimum Gasteiger partial charge on any atom is -0.508 e. The molecule has 0 aliphatic rings. The van der Waals surface area contributed by atoms with Gasteiger partial charge in [0.25, 0.3) is 0 Å². The van der Waals surface area contributed by atoms with Crippen molar-refractivity contribution in [1.29, 1.82) is 0 Å². The lowest BCUT2D eigenvalue weighted by molar-refractivity contribution is 0.0999. The van der Waals surface area contributed by atoms with E-state index in [1.807, 2.05) is 20.8 Å². The number of phenolic OH excluding ortho intramolecular Hbond substituents is 1. The Morgan fingerprint density at radius 1 is 1.41 bits per heavy atom. The molecule has 0 aliphatic heterocycles. The summed E-state index contributed by atoms with van der Waals surface area (Å²) in [4.78, 5) is 11.5. The maximum Gasteiger partial charge on any atom is 0.408 e. The molecule has 0 bridgehead atoms. The minimum atomic E-state index is -0.464. The van der Waals surface area contributed by atoms with Crippen molar-refractivity contribution in [3.05, 3.63) is 29.8 Å². The maximum atomic E-state index is 11.5. The normalized spacial score (nSPS) is 12.9. The number of carbonyl (C=O) groups is 1. The molecule has 94 valence electrons. The van der Waals surface area contributed by atoms with Crippen LogP contribution < -0.4 is 5.32 Å². The Hall–Kier alpha value is -1.71. The zero-order chi connectivity index (χ0) is 13.1. The van der Waals surface area contributed by atoms with Crippen LogP contribution in [0.1, 0.15) is 39.4 Å². The van der Waals surface area contributed by atoms with E-state index in [1.54, 1.807) is 31.2 Å². The van der Waals surface area contributed by atoms with Gasteiger partial charge < -0.3 is 15.2 Å². The highest BCUT2D eigenvalue weighted by Crippen LogP contribution is 2.21. The number of ether oxygens (including phenoxy) is 1. The van der Waals surface area contributed by atoms with Gasteiger partial charge in [-0.3, -0.25) is 0 Å². The van der Waals surface area contributed by atoms with E-state index < -0.39 is 12.2 Å². The average molecular weight is 237 g/mol. The number of rotatable bonds is 2. The van der Waals surface area contributed by atoms with Crippen LogP contribution in [-0.2, 0) is 4.74 Å². The van der Waals surface area contributed by atoms with Gasteiger partial charge in [-0.25, -0.2) is 4.79 Å². The SMILES string of the molecule is CC(OC(=O)NC(C)(C)C)c1cccc(O)c1. The molecular weight excluding hydrogens is 218 g/mol. The standard InChI is InChI=1S/C13H19NO3/c1-9(10-6-5-7-11(15)8-10)17-12(16)14-13(2,3)4/h5-9,15H,1-4H3,(H,14,16). The second kappa shape index (κ2) is 5.08. The molecule has 0 heterocycles. The Kier molecular flexibility index (Phi) is 3.99. The molecule has 0 saturated heterocycles. The van der Waals surface area contributed by atoms with Crippen LogP contribution in [0.15, 0.2) is 24.3 Å². The number of nitrogens with one attached hydrogen (secondary N) is 1. The monoisotopic (exact) mass is 237 g/mol. The largest absolute Gasteiger partial charge is 0.508 e. The van der Waals surface area contributed by atoms with Crippen molar-refractivity contribution in [2.75, 3.05) is 0 Å². The number of carbonyl (C=O) groups excluding carboxylic acids is 1. The Morgan fingerprint density at radius 3 is 2.59 bits per heavy atom.